The van der Waals surface area contributed by atoms with Crippen molar-refractivity contribution >= 4 is 17.5 Å². The molecule has 2 aromatic rings. The zero-order chi connectivity index (χ0) is 13.7. The van der Waals surface area contributed by atoms with Gasteiger partial charge in [-0.25, -0.2) is 4.98 Å². The molecule has 0 amide bonds. The van der Waals surface area contributed by atoms with Gasteiger partial charge in [-0.05, 0) is 18.1 Å². The number of hydrogen-bond acceptors (Lipinski definition) is 7. The lowest BCUT2D eigenvalue weighted by atomic mass is 10.2. The summed E-state index contributed by atoms with van der Waals surface area (Å²) < 4.78 is 0. The molecule has 0 atom stereocenters. The van der Waals surface area contributed by atoms with E-state index in [-0.39, 0.29) is 17.5 Å². The first-order valence-corrected chi connectivity index (χ1v) is 5.56. The Hall–Kier alpha value is -2.77. The van der Waals surface area contributed by atoms with Crippen molar-refractivity contribution < 1.29 is 4.92 Å². The number of aromatic nitrogens is 3. The molecular weight excluding hydrogens is 248 g/mol. The fraction of sp³-hybridized carbons (Fsp3) is 0.182. The van der Waals surface area contributed by atoms with Crippen molar-refractivity contribution in [2.75, 3.05) is 17.6 Å². The third-order valence-electron chi connectivity index (χ3n) is 2.41. The largest absolute Gasteiger partial charge is 0.368 e. The van der Waals surface area contributed by atoms with Crippen molar-refractivity contribution in [3.8, 4) is 0 Å². The van der Waals surface area contributed by atoms with Crippen molar-refractivity contribution in [2.24, 2.45) is 0 Å². The lowest BCUT2D eigenvalue weighted by Crippen LogP contribution is -2.10. The first-order valence-electron chi connectivity index (χ1n) is 5.56. The van der Waals surface area contributed by atoms with Crippen LogP contribution in [0.1, 0.15) is 5.56 Å². The molecule has 0 aliphatic rings. The number of nitrogens with zero attached hydrogens (tertiary/aromatic N) is 4. The van der Waals surface area contributed by atoms with Crippen molar-refractivity contribution in [3.63, 3.8) is 0 Å². The minimum Gasteiger partial charge on any atom is -0.368 e. The van der Waals surface area contributed by atoms with E-state index in [1.165, 1.54) is 0 Å². The smallest absolute Gasteiger partial charge is 0.329 e. The van der Waals surface area contributed by atoms with Crippen LogP contribution in [0.25, 0.3) is 0 Å². The van der Waals surface area contributed by atoms with Gasteiger partial charge in [0.1, 0.15) is 6.20 Å². The molecule has 98 valence electrons. The lowest BCUT2D eigenvalue weighted by Gasteiger charge is -2.06. The number of hydrogen-bond donors (Lipinski definition) is 2. The summed E-state index contributed by atoms with van der Waals surface area (Å²) in [4.78, 5) is 21.7. The van der Waals surface area contributed by atoms with E-state index in [1.54, 1.807) is 12.4 Å². The average Bonchev–Trinajstić information content (AvgIpc) is 2.39. The predicted molar refractivity (Wildman–Crippen MR) is 69.5 cm³/mol. The van der Waals surface area contributed by atoms with Gasteiger partial charge in [0.15, 0.2) is 0 Å². The molecular formula is C11H12N6O2. The quantitative estimate of drug-likeness (QED) is 0.608. The van der Waals surface area contributed by atoms with Crippen LogP contribution in [-0.4, -0.2) is 26.4 Å². The molecule has 8 nitrogen and oxygen atoms in total. The third kappa shape index (κ3) is 3.35. The van der Waals surface area contributed by atoms with E-state index in [9.17, 15) is 10.1 Å². The van der Waals surface area contributed by atoms with E-state index in [0.29, 0.717) is 13.0 Å². The summed E-state index contributed by atoms with van der Waals surface area (Å²) in [6.45, 7) is 0.489. The van der Waals surface area contributed by atoms with E-state index >= 15 is 0 Å². The molecule has 8 heteroatoms. The van der Waals surface area contributed by atoms with Gasteiger partial charge in [-0.15, -0.1) is 0 Å². The first-order chi connectivity index (χ1) is 9.16. The number of pyridine rings is 1. The van der Waals surface area contributed by atoms with E-state index < -0.39 is 4.92 Å². The highest BCUT2D eigenvalue weighted by atomic mass is 16.6. The van der Waals surface area contributed by atoms with Crippen LogP contribution in [0.4, 0.5) is 17.5 Å². The molecule has 2 aromatic heterocycles. The summed E-state index contributed by atoms with van der Waals surface area (Å²) in [5, 5.41) is 13.7. The summed E-state index contributed by atoms with van der Waals surface area (Å²) in [7, 11) is 0. The molecule has 0 aromatic carbocycles. The van der Waals surface area contributed by atoms with Crippen LogP contribution in [-0.2, 0) is 6.42 Å². The summed E-state index contributed by atoms with van der Waals surface area (Å²) >= 11 is 0. The highest BCUT2D eigenvalue weighted by Gasteiger charge is 2.15. The zero-order valence-electron chi connectivity index (χ0n) is 9.98. The fourth-order valence-electron chi connectivity index (χ4n) is 1.52. The Morgan fingerprint density at radius 2 is 2.26 bits per heavy atom. The molecule has 0 saturated carbocycles. The molecule has 0 bridgehead atoms. The summed E-state index contributed by atoms with van der Waals surface area (Å²) in [6.07, 6.45) is 5.20. The van der Waals surface area contributed by atoms with Gasteiger partial charge < -0.3 is 11.1 Å². The Morgan fingerprint density at radius 3 is 2.95 bits per heavy atom. The summed E-state index contributed by atoms with van der Waals surface area (Å²) in [6, 6.07) is 3.76. The van der Waals surface area contributed by atoms with Crippen molar-refractivity contribution in [1.29, 1.82) is 0 Å². The van der Waals surface area contributed by atoms with Crippen LogP contribution in [0.3, 0.4) is 0 Å². The Labute approximate surface area is 108 Å². The second kappa shape index (κ2) is 5.71. The van der Waals surface area contributed by atoms with Crippen LogP contribution in [0.5, 0.6) is 0 Å². The lowest BCUT2D eigenvalue weighted by molar-refractivity contribution is -0.384. The standard InChI is InChI=1S/C11H12N6O2/c12-11-15-7-9(17(18)19)10(16-11)14-5-3-8-2-1-4-13-6-8/h1-2,4,6-7H,3,5H2,(H3,12,14,15,16). The van der Waals surface area contributed by atoms with E-state index in [4.69, 9.17) is 5.73 Å². The number of rotatable bonds is 5. The Bertz CT molecular complexity index is 575. The van der Waals surface area contributed by atoms with Gasteiger partial charge in [-0.1, -0.05) is 6.07 Å². The maximum Gasteiger partial charge on any atom is 0.329 e. The molecule has 0 aliphatic heterocycles. The van der Waals surface area contributed by atoms with Crippen LogP contribution in [0.15, 0.2) is 30.7 Å². The summed E-state index contributed by atoms with van der Waals surface area (Å²) in [5.74, 6) is 0.121. The highest BCUT2D eigenvalue weighted by Crippen LogP contribution is 2.20. The molecule has 0 unspecified atom stereocenters. The van der Waals surface area contributed by atoms with Crippen LogP contribution < -0.4 is 11.1 Å². The molecule has 2 heterocycles. The van der Waals surface area contributed by atoms with Gasteiger partial charge in [0.2, 0.25) is 11.8 Å². The number of nitrogens with one attached hydrogen (secondary N) is 1. The molecule has 0 saturated heterocycles. The first kappa shape index (κ1) is 12.7. The number of nitro groups is 1. The van der Waals surface area contributed by atoms with Crippen LogP contribution >= 0.6 is 0 Å². The minimum absolute atomic E-state index is 0.00511. The molecule has 0 fully saturated rings. The molecule has 0 spiro atoms. The van der Waals surface area contributed by atoms with Gasteiger partial charge in [0, 0.05) is 18.9 Å². The van der Waals surface area contributed by atoms with Gasteiger partial charge in [0.05, 0.1) is 4.92 Å². The Kier molecular flexibility index (Phi) is 3.81. The Morgan fingerprint density at radius 1 is 1.42 bits per heavy atom. The second-order valence-electron chi connectivity index (χ2n) is 3.76. The number of nitrogens with two attached hydrogens (primary N) is 1. The molecule has 0 aliphatic carbocycles. The minimum atomic E-state index is -0.550. The summed E-state index contributed by atoms with van der Waals surface area (Å²) in [5.41, 5.74) is 6.25. The van der Waals surface area contributed by atoms with Gasteiger partial charge in [0.25, 0.3) is 0 Å². The van der Waals surface area contributed by atoms with Crippen molar-refractivity contribution in [2.45, 2.75) is 6.42 Å². The Balaban J connectivity index is 2.03. The maximum atomic E-state index is 10.8. The van der Waals surface area contributed by atoms with Gasteiger partial charge in [-0.2, -0.15) is 4.98 Å². The zero-order valence-corrected chi connectivity index (χ0v) is 9.98. The van der Waals surface area contributed by atoms with Crippen LogP contribution in [0.2, 0.25) is 0 Å². The van der Waals surface area contributed by atoms with Gasteiger partial charge in [-0.3, -0.25) is 15.1 Å². The van der Waals surface area contributed by atoms with Crippen molar-refractivity contribution in [1.82, 2.24) is 15.0 Å². The van der Waals surface area contributed by atoms with Gasteiger partial charge >= 0.3 is 5.69 Å². The monoisotopic (exact) mass is 260 g/mol. The van der Waals surface area contributed by atoms with E-state index in [0.717, 1.165) is 11.8 Å². The number of nitrogen functional groups attached to an aromatic ring is 1. The van der Waals surface area contributed by atoms with Crippen molar-refractivity contribution in [3.05, 3.63) is 46.4 Å². The normalized spacial score (nSPS) is 10.1. The predicted octanol–water partition coefficient (Wildman–Crippen LogP) is 1.02. The number of anilines is 2. The van der Waals surface area contributed by atoms with Crippen LogP contribution in [0, 0.1) is 10.1 Å². The van der Waals surface area contributed by atoms with E-state index in [1.807, 2.05) is 12.1 Å². The topological polar surface area (TPSA) is 120 Å². The second-order valence-corrected chi connectivity index (χ2v) is 3.76. The molecule has 2 rings (SSSR count). The molecule has 3 N–H and O–H groups in total. The third-order valence-corrected chi connectivity index (χ3v) is 2.41. The SMILES string of the molecule is Nc1ncc([N+](=O)[O-])c(NCCc2cccnc2)n1. The van der Waals surface area contributed by atoms with E-state index in [2.05, 4.69) is 20.3 Å². The maximum absolute atomic E-state index is 10.8. The molecule has 19 heavy (non-hydrogen) atoms. The highest BCUT2D eigenvalue weighted by molar-refractivity contribution is 5.56. The average molecular weight is 260 g/mol. The fourth-order valence-corrected chi connectivity index (χ4v) is 1.52. The molecule has 0 radical (unpaired) electrons.